The monoisotopic (exact) mass is 527 g/mol. The van der Waals surface area contributed by atoms with Crippen LogP contribution in [-0.4, -0.2) is 22.1 Å². The van der Waals surface area contributed by atoms with E-state index in [0.29, 0.717) is 20.6 Å². The van der Waals surface area contributed by atoms with Crippen molar-refractivity contribution in [3.63, 3.8) is 0 Å². The van der Waals surface area contributed by atoms with Gasteiger partial charge >= 0.3 is 5.97 Å². The smallest absolute Gasteiger partial charge is 0.338 e. The van der Waals surface area contributed by atoms with Gasteiger partial charge in [-0.3, -0.25) is 19.5 Å². The number of allylic oxidation sites excluding steroid dienone is 1. The molecule has 8 nitrogen and oxygen atoms in total. The maximum Gasteiger partial charge on any atom is 0.338 e. The van der Waals surface area contributed by atoms with E-state index in [1.165, 1.54) is 28.0 Å². The Morgan fingerprint density at radius 3 is 2.52 bits per heavy atom. The quantitative estimate of drug-likeness (QED) is 0.286. The number of nitro groups is 1. The fourth-order valence-corrected chi connectivity index (χ4v) is 4.85. The molecule has 1 aliphatic heterocycles. The first-order valence-corrected chi connectivity index (χ1v) is 11.6. The Morgan fingerprint density at radius 2 is 1.91 bits per heavy atom. The van der Waals surface area contributed by atoms with Crippen LogP contribution in [0.1, 0.15) is 31.0 Å². The third-order valence-electron chi connectivity index (χ3n) is 5.13. The molecule has 0 saturated carbocycles. The molecule has 10 heteroatoms. The number of ether oxygens (including phenoxy) is 1. The molecule has 1 aliphatic rings. The van der Waals surface area contributed by atoms with Crippen LogP contribution >= 0.6 is 27.3 Å². The third kappa shape index (κ3) is 4.44. The largest absolute Gasteiger partial charge is 0.463 e. The number of carbonyl (C=O) groups excluding carboxylic acids is 1. The zero-order valence-electron chi connectivity index (χ0n) is 17.6. The zero-order valence-corrected chi connectivity index (χ0v) is 20.1. The molecule has 4 rings (SSSR count). The van der Waals surface area contributed by atoms with Crippen LogP contribution < -0.4 is 14.9 Å². The summed E-state index contributed by atoms with van der Waals surface area (Å²) in [4.78, 5) is 41.7. The summed E-state index contributed by atoms with van der Waals surface area (Å²) < 4.78 is 8.07. The van der Waals surface area contributed by atoms with Crippen molar-refractivity contribution >= 4 is 50.7 Å². The van der Waals surface area contributed by atoms with Crippen molar-refractivity contribution in [2.45, 2.75) is 19.9 Å². The standard InChI is InChI=1S/C23H18BrN3O5S/c1-3-32-22(29)19-13(2)26-21(28)18(12-14-4-8-16(24)9-5-14)33-23(26)25-20(19)15-6-10-17(11-7-15)27(30)31/h4-12,20H,3H2,1-2H3/b18-12-/t20-/m0/s1. The van der Waals surface area contributed by atoms with Crippen molar-refractivity contribution in [3.8, 4) is 0 Å². The first-order valence-electron chi connectivity index (χ1n) is 9.99. The number of esters is 1. The van der Waals surface area contributed by atoms with Crippen LogP contribution in [0.15, 0.2) is 68.4 Å². The topological polar surface area (TPSA) is 104 Å². The molecule has 0 radical (unpaired) electrons. The van der Waals surface area contributed by atoms with E-state index in [-0.39, 0.29) is 23.4 Å². The van der Waals surface area contributed by atoms with Gasteiger partial charge in [0.1, 0.15) is 6.04 Å². The summed E-state index contributed by atoms with van der Waals surface area (Å²) in [5.74, 6) is -0.579. The van der Waals surface area contributed by atoms with Crippen LogP contribution in [0, 0.1) is 10.1 Å². The second-order valence-electron chi connectivity index (χ2n) is 7.19. The van der Waals surface area contributed by atoms with E-state index in [4.69, 9.17) is 4.74 Å². The number of thiazole rings is 1. The minimum absolute atomic E-state index is 0.0626. The second-order valence-corrected chi connectivity index (χ2v) is 9.11. The van der Waals surface area contributed by atoms with Gasteiger partial charge in [0.05, 0.1) is 21.6 Å². The zero-order chi connectivity index (χ0) is 23.7. The molecular formula is C23H18BrN3O5S. The molecule has 2 aromatic carbocycles. The molecule has 0 amide bonds. The number of aromatic nitrogens is 1. The molecule has 0 unspecified atom stereocenters. The van der Waals surface area contributed by atoms with E-state index in [0.717, 1.165) is 10.0 Å². The molecule has 0 N–H and O–H groups in total. The van der Waals surface area contributed by atoms with Gasteiger partial charge in [-0.2, -0.15) is 0 Å². The van der Waals surface area contributed by atoms with E-state index < -0.39 is 16.9 Å². The van der Waals surface area contributed by atoms with Crippen LogP contribution in [0.4, 0.5) is 5.69 Å². The lowest BCUT2D eigenvalue weighted by Gasteiger charge is -2.22. The van der Waals surface area contributed by atoms with Gasteiger partial charge in [-0.25, -0.2) is 9.79 Å². The number of halogens is 1. The number of fused-ring (bicyclic) bond motifs is 1. The first kappa shape index (κ1) is 22.8. The van der Waals surface area contributed by atoms with Gasteiger partial charge in [-0.05, 0) is 55.3 Å². The van der Waals surface area contributed by atoms with Crippen molar-refractivity contribution in [2.75, 3.05) is 6.61 Å². The van der Waals surface area contributed by atoms with E-state index >= 15 is 0 Å². The van der Waals surface area contributed by atoms with E-state index in [2.05, 4.69) is 20.9 Å². The Labute approximate surface area is 200 Å². The highest BCUT2D eigenvalue weighted by Crippen LogP contribution is 2.33. The molecule has 0 fully saturated rings. The molecule has 3 aromatic rings. The number of rotatable bonds is 5. The lowest BCUT2D eigenvalue weighted by molar-refractivity contribution is -0.384. The number of nitro benzene ring substituents is 1. The van der Waals surface area contributed by atoms with Crippen LogP contribution in [0.2, 0.25) is 0 Å². The molecule has 168 valence electrons. The molecule has 1 atom stereocenters. The normalized spacial score (nSPS) is 15.7. The maximum atomic E-state index is 13.2. The maximum absolute atomic E-state index is 13.2. The Kier molecular flexibility index (Phi) is 6.39. The molecule has 0 saturated heterocycles. The first-order chi connectivity index (χ1) is 15.8. The molecular weight excluding hydrogens is 510 g/mol. The summed E-state index contributed by atoms with van der Waals surface area (Å²) in [7, 11) is 0. The summed E-state index contributed by atoms with van der Waals surface area (Å²) >= 11 is 4.61. The highest BCUT2D eigenvalue weighted by molar-refractivity contribution is 9.10. The van der Waals surface area contributed by atoms with Crippen molar-refractivity contribution in [1.82, 2.24) is 4.57 Å². The fraction of sp³-hybridized carbons (Fsp3) is 0.174. The number of nitrogens with zero attached hydrogens (tertiary/aromatic N) is 3. The lowest BCUT2D eigenvalue weighted by atomic mass is 9.96. The number of hydrogen-bond acceptors (Lipinski definition) is 7. The number of benzene rings is 2. The van der Waals surface area contributed by atoms with Crippen LogP contribution in [0.3, 0.4) is 0 Å². The summed E-state index contributed by atoms with van der Waals surface area (Å²) in [5, 5.41) is 11.0. The minimum Gasteiger partial charge on any atom is -0.463 e. The molecule has 0 spiro atoms. The third-order valence-corrected chi connectivity index (χ3v) is 6.64. The lowest BCUT2D eigenvalue weighted by Crippen LogP contribution is -2.35. The fourth-order valence-electron chi connectivity index (χ4n) is 3.55. The number of non-ortho nitro benzene ring substituents is 1. The number of hydrogen-bond donors (Lipinski definition) is 0. The molecule has 1 aromatic heterocycles. The average molecular weight is 528 g/mol. The highest BCUT2D eigenvalue weighted by atomic mass is 79.9. The Balaban J connectivity index is 1.91. The summed E-state index contributed by atoms with van der Waals surface area (Å²) in [6, 6.07) is 12.7. The van der Waals surface area contributed by atoms with Gasteiger partial charge in [-0.1, -0.05) is 39.4 Å². The van der Waals surface area contributed by atoms with Crippen molar-refractivity contribution in [1.29, 1.82) is 0 Å². The summed E-state index contributed by atoms with van der Waals surface area (Å²) in [6.45, 7) is 3.54. The van der Waals surface area contributed by atoms with E-state index in [1.807, 2.05) is 24.3 Å². The number of carbonyl (C=O) groups is 1. The van der Waals surface area contributed by atoms with Gasteiger partial charge in [0.2, 0.25) is 0 Å². The van der Waals surface area contributed by atoms with E-state index in [1.54, 1.807) is 32.1 Å². The summed E-state index contributed by atoms with van der Waals surface area (Å²) in [6.07, 6.45) is 1.78. The predicted molar refractivity (Wildman–Crippen MR) is 128 cm³/mol. The van der Waals surface area contributed by atoms with Crippen LogP contribution in [0.25, 0.3) is 11.8 Å². The second kappa shape index (κ2) is 9.24. The minimum atomic E-state index is -0.747. The van der Waals surface area contributed by atoms with Crippen molar-refractivity contribution < 1.29 is 14.5 Å². The van der Waals surface area contributed by atoms with Crippen LogP contribution in [-0.2, 0) is 9.53 Å². The van der Waals surface area contributed by atoms with Gasteiger partial charge < -0.3 is 4.74 Å². The molecule has 33 heavy (non-hydrogen) atoms. The summed E-state index contributed by atoms with van der Waals surface area (Å²) in [5.41, 5.74) is 1.77. The van der Waals surface area contributed by atoms with Crippen LogP contribution in [0.5, 0.6) is 0 Å². The van der Waals surface area contributed by atoms with Gasteiger partial charge in [-0.15, -0.1) is 0 Å². The molecule has 0 bridgehead atoms. The molecule has 0 aliphatic carbocycles. The Hall–Kier alpha value is -3.37. The van der Waals surface area contributed by atoms with Gasteiger partial charge in [0, 0.05) is 22.3 Å². The Morgan fingerprint density at radius 1 is 1.24 bits per heavy atom. The van der Waals surface area contributed by atoms with E-state index in [9.17, 15) is 19.7 Å². The SMILES string of the molecule is CCOC(=O)C1=C(C)n2c(s/c(=C\c3ccc(Br)cc3)c2=O)=N[C@H]1c1ccc([N+](=O)[O-])cc1. The van der Waals surface area contributed by atoms with Gasteiger partial charge in [0.25, 0.3) is 11.2 Å². The average Bonchev–Trinajstić information content (AvgIpc) is 3.10. The van der Waals surface area contributed by atoms with Crippen molar-refractivity contribution in [2.24, 2.45) is 4.99 Å². The Bertz CT molecular complexity index is 1450. The van der Waals surface area contributed by atoms with Gasteiger partial charge in [0.15, 0.2) is 4.80 Å². The molecule has 2 heterocycles. The predicted octanol–water partition coefficient (Wildman–Crippen LogP) is 3.58. The van der Waals surface area contributed by atoms with Crippen molar-refractivity contribution in [3.05, 3.63) is 99.5 Å². The highest BCUT2D eigenvalue weighted by Gasteiger charge is 2.31.